The van der Waals surface area contributed by atoms with Crippen molar-refractivity contribution in [3.63, 3.8) is 0 Å². The summed E-state index contributed by atoms with van der Waals surface area (Å²) in [6, 6.07) is 9.25. The maximum Gasteiger partial charge on any atom is 0.354 e. The highest BCUT2D eigenvalue weighted by atomic mass is 16.4. The number of anilines is 1. The number of para-hydroxylation sites is 1. The van der Waals surface area contributed by atoms with Gasteiger partial charge in [0.05, 0.1) is 5.52 Å². The molecule has 1 N–H and O–H groups in total. The Hall–Kier alpha value is -2.10. The fourth-order valence-corrected chi connectivity index (χ4v) is 2.04. The highest BCUT2D eigenvalue weighted by Gasteiger charge is 2.12. The minimum atomic E-state index is -0.994. The van der Waals surface area contributed by atoms with E-state index >= 15 is 0 Å². The Kier molecular flexibility index (Phi) is 3.46. The van der Waals surface area contributed by atoms with Gasteiger partial charge in [-0.15, -0.1) is 0 Å². The summed E-state index contributed by atoms with van der Waals surface area (Å²) in [7, 11) is 1.97. The van der Waals surface area contributed by atoms with E-state index < -0.39 is 5.97 Å². The maximum atomic E-state index is 11.1. The first-order chi connectivity index (χ1) is 8.63. The van der Waals surface area contributed by atoms with Gasteiger partial charge in [-0.1, -0.05) is 25.1 Å². The average molecular weight is 244 g/mol. The van der Waals surface area contributed by atoms with Gasteiger partial charge in [-0.3, -0.25) is 0 Å². The van der Waals surface area contributed by atoms with Crippen LogP contribution in [-0.4, -0.2) is 29.7 Å². The van der Waals surface area contributed by atoms with Gasteiger partial charge in [0.1, 0.15) is 0 Å². The first-order valence-corrected chi connectivity index (χ1v) is 5.97. The zero-order chi connectivity index (χ0) is 13.1. The summed E-state index contributed by atoms with van der Waals surface area (Å²) in [5.74, 6) is -0.994. The number of hydrogen-bond acceptors (Lipinski definition) is 3. The van der Waals surface area contributed by atoms with Crippen molar-refractivity contribution in [3.8, 4) is 0 Å². The molecule has 1 heterocycles. The quantitative estimate of drug-likeness (QED) is 0.898. The summed E-state index contributed by atoms with van der Waals surface area (Å²) in [6.45, 7) is 2.98. The summed E-state index contributed by atoms with van der Waals surface area (Å²) < 4.78 is 0. The van der Waals surface area contributed by atoms with Gasteiger partial charge in [0.15, 0.2) is 5.69 Å². The minimum absolute atomic E-state index is 0.0895. The highest BCUT2D eigenvalue weighted by Crippen LogP contribution is 2.26. The summed E-state index contributed by atoms with van der Waals surface area (Å²) in [5, 5.41) is 10.1. The third-order valence-corrected chi connectivity index (χ3v) is 2.88. The van der Waals surface area contributed by atoms with Crippen LogP contribution < -0.4 is 4.90 Å². The molecule has 1 aromatic carbocycles. The fraction of sp³-hybridized carbons (Fsp3) is 0.286. The number of carboxylic acid groups (broad SMARTS) is 1. The fourth-order valence-electron chi connectivity index (χ4n) is 2.04. The van der Waals surface area contributed by atoms with Crippen molar-refractivity contribution in [2.45, 2.75) is 13.3 Å². The number of aromatic carboxylic acids is 1. The van der Waals surface area contributed by atoms with Gasteiger partial charge in [-0.25, -0.2) is 9.78 Å². The van der Waals surface area contributed by atoms with Crippen LogP contribution in [0, 0.1) is 0 Å². The SMILES string of the molecule is CCCN(C)c1cc(C(=O)O)nc2ccccc12. The van der Waals surface area contributed by atoms with E-state index in [-0.39, 0.29) is 5.69 Å². The van der Waals surface area contributed by atoms with Gasteiger partial charge < -0.3 is 10.0 Å². The molecule has 2 rings (SSSR count). The van der Waals surface area contributed by atoms with Gasteiger partial charge in [-0.2, -0.15) is 0 Å². The molecule has 18 heavy (non-hydrogen) atoms. The smallest absolute Gasteiger partial charge is 0.354 e. The molecule has 0 spiro atoms. The highest BCUT2D eigenvalue weighted by molar-refractivity contribution is 5.97. The number of carbonyl (C=O) groups is 1. The van der Waals surface area contributed by atoms with E-state index in [9.17, 15) is 4.79 Å². The van der Waals surface area contributed by atoms with Gasteiger partial charge >= 0.3 is 5.97 Å². The van der Waals surface area contributed by atoms with Crippen molar-refractivity contribution in [1.29, 1.82) is 0 Å². The topological polar surface area (TPSA) is 53.4 Å². The number of nitrogens with zero attached hydrogens (tertiary/aromatic N) is 2. The molecular formula is C14H16N2O2. The lowest BCUT2D eigenvalue weighted by atomic mass is 10.1. The minimum Gasteiger partial charge on any atom is -0.477 e. The predicted molar refractivity (Wildman–Crippen MR) is 72.3 cm³/mol. The molecule has 0 bridgehead atoms. The second kappa shape index (κ2) is 5.04. The molecule has 1 aromatic heterocycles. The van der Waals surface area contributed by atoms with Crippen LogP contribution in [0.15, 0.2) is 30.3 Å². The summed E-state index contributed by atoms with van der Waals surface area (Å²) in [4.78, 5) is 17.3. The van der Waals surface area contributed by atoms with Gasteiger partial charge in [0, 0.05) is 24.7 Å². The standard InChI is InChI=1S/C14H16N2O2/c1-3-8-16(2)13-9-12(14(17)18)15-11-7-5-4-6-10(11)13/h4-7,9H,3,8H2,1-2H3,(H,17,18). The van der Waals surface area contributed by atoms with Gasteiger partial charge in [0.2, 0.25) is 0 Å². The third-order valence-electron chi connectivity index (χ3n) is 2.88. The third kappa shape index (κ3) is 2.27. The van der Waals surface area contributed by atoms with Crippen LogP contribution in [-0.2, 0) is 0 Å². The molecule has 0 aliphatic rings. The Balaban J connectivity index is 2.64. The molecule has 2 aromatic rings. The molecule has 0 aliphatic carbocycles. The van der Waals surface area contributed by atoms with Crippen molar-refractivity contribution in [2.24, 2.45) is 0 Å². The van der Waals surface area contributed by atoms with Crippen LogP contribution in [0.1, 0.15) is 23.8 Å². The lowest BCUT2D eigenvalue weighted by Gasteiger charge is -2.20. The zero-order valence-electron chi connectivity index (χ0n) is 10.6. The number of carboxylic acids is 1. The Morgan fingerprint density at radius 2 is 2.11 bits per heavy atom. The molecule has 0 aliphatic heterocycles. The number of fused-ring (bicyclic) bond motifs is 1. The van der Waals surface area contributed by atoms with Crippen molar-refractivity contribution in [2.75, 3.05) is 18.5 Å². The Bertz CT molecular complexity index is 581. The van der Waals surface area contributed by atoms with Crippen molar-refractivity contribution in [1.82, 2.24) is 4.98 Å². The van der Waals surface area contributed by atoms with E-state index in [4.69, 9.17) is 5.11 Å². The number of benzene rings is 1. The van der Waals surface area contributed by atoms with E-state index in [0.29, 0.717) is 0 Å². The Morgan fingerprint density at radius 1 is 1.39 bits per heavy atom. The van der Waals surface area contributed by atoms with Crippen LogP contribution in [0.2, 0.25) is 0 Å². The normalized spacial score (nSPS) is 10.6. The number of pyridine rings is 1. The molecule has 0 fully saturated rings. The molecule has 0 saturated heterocycles. The first-order valence-electron chi connectivity index (χ1n) is 5.97. The largest absolute Gasteiger partial charge is 0.477 e. The zero-order valence-corrected chi connectivity index (χ0v) is 10.6. The van der Waals surface area contributed by atoms with E-state index in [2.05, 4.69) is 16.8 Å². The summed E-state index contributed by atoms with van der Waals surface area (Å²) in [6.07, 6.45) is 1.01. The lowest BCUT2D eigenvalue weighted by molar-refractivity contribution is 0.0691. The van der Waals surface area contributed by atoms with Crippen molar-refractivity contribution < 1.29 is 9.90 Å². The molecule has 0 radical (unpaired) electrons. The Labute approximate surface area is 106 Å². The molecule has 4 nitrogen and oxygen atoms in total. The van der Waals surface area contributed by atoms with Crippen LogP contribution >= 0.6 is 0 Å². The molecule has 0 saturated carbocycles. The van der Waals surface area contributed by atoms with E-state index in [1.807, 2.05) is 31.3 Å². The maximum absolute atomic E-state index is 11.1. The van der Waals surface area contributed by atoms with Gasteiger partial charge in [0.25, 0.3) is 0 Å². The van der Waals surface area contributed by atoms with Crippen molar-refractivity contribution >= 4 is 22.6 Å². The lowest BCUT2D eigenvalue weighted by Crippen LogP contribution is -2.19. The summed E-state index contributed by atoms with van der Waals surface area (Å²) >= 11 is 0. The molecule has 94 valence electrons. The van der Waals surface area contributed by atoms with Gasteiger partial charge in [-0.05, 0) is 18.6 Å². The molecule has 4 heteroatoms. The molecule has 0 unspecified atom stereocenters. The van der Waals surface area contributed by atoms with Crippen LogP contribution in [0.25, 0.3) is 10.9 Å². The molecule has 0 amide bonds. The average Bonchev–Trinajstić information content (AvgIpc) is 2.37. The second-order valence-electron chi connectivity index (χ2n) is 4.27. The molecular weight excluding hydrogens is 228 g/mol. The monoisotopic (exact) mass is 244 g/mol. The first kappa shape index (κ1) is 12.4. The number of rotatable bonds is 4. The number of aromatic nitrogens is 1. The summed E-state index contributed by atoms with van der Waals surface area (Å²) in [5.41, 5.74) is 1.72. The van der Waals surface area contributed by atoms with E-state index in [1.165, 1.54) is 0 Å². The van der Waals surface area contributed by atoms with Crippen LogP contribution in [0.4, 0.5) is 5.69 Å². The second-order valence-corrected chi connectivity index (χ2v) is 4.27. The Morgan fingerprint density at radius 3 is 2.78 bits per heavy atom. The van der Waals surface area contributed by atoms with E-state index in [1.54, 1.807) is 6.07 Å². The van der Waals surface area contributed by atoms with E-state index in [0.717, 1.165) is 29.6 Å². The number of hydrogen-bond donors (Lipinski definition) is 1. The van der Waals surface area contributed by atoms with Crippen LogP contribution in [0.3, 0.4) is 0 Å². The molecule has 0 atom stereocenters. The van der Waals surface area contributed by atoms with Crippen molar-refractivity contribution in [3.05, 3.63) is 36.0 Å². The van der Waals surface area contributed by atoms with Crippen LogP contribution in [0.5, 0.6) is 0 Å². The predicted octanol–water partition coefficient (Wildman–Crippen LogP) is 2.78.